The van der Waals surface area contributed by atoms with Crippen molar-refractivity contribution in [2.45, 2.75) is 0 Å². The lowest BCUT2D eigenvalue weighted by Gasteiger charge is -2.15. The van der Waals surface area contributed by atoms with Gasteiger partial charge in [-0.3, -0.25) is 4.57 Å². The second-order valence-corrected chi connectivity index (χ2v) is 16.0. The highest BCUT2D eigenvalue weighted by Gasteiger charge is 2.19. The molecule has 0 atom stereocenters. The molecule has 3 nitrogen and oxygen atoms in total. The highest BCUT2D eigenvalue weighted by Crippen LogP contribution is 2.41. The third-order valence-electron chi connectivity index (χ3n) is 12.7. The Balaban J connectivity index is 1.03. The van der Waals surface area contributed by atoms with E-state index < -0.39 is 0 Å². The van der Waals surface area contributed by atoms with Crippen LogP contribution in [0, 0.1) is 0 Å². The molecule has 0 fully saturated rings. The van der Waals surface area contributed by atoms with Gasteiger partial charge in [-0.1, -0.05) is 165 Å². The van der Waals surface area contributed by atoms with Gasteiger partial charge in [-0.2, -0.15) is 0 Å². The van der Waals surface area contributed by atoms with Crippen LogP contribution in [0.15, 0.2) is 213 Å². The van der Waals surface area contributed by atoms with Gasteiger partial charge in [-0.25, -0.2) is 4.98 Å². The molecule has 0 unspecified atom stereocenters. The second kappa shape index (κ2) is 14.2. The maximum atomic E-state index is 5.34. The van der Waals surface area contributed by atoms with Gasteiger partial charge in [0.1, 0.15) is 5.82 Å². The zero-order valence-electron chi connectivity index (χ0n) is 34.0. The summed E-state index contributed by atoms with van der Waals surface area (Å²) in [7, 11) is 0. The van der Waals surface area contributed by atoms with E-state index in [1.54, 1.807) is 0 Å². The molecule has 0 N–H and O–H groups in total. The van der Waals surface area contributed by atoms with Crippen molar-refractivity contribution in [3.05, 3.63) is 224 Å². The van der Waals surface area contributed by atoms with Crippen LogP contribution in [0.5, 0.6) is 0 Å². The fraction of sp³-hybridized carbons (Fsp3) is 0. The summed E-state index contributed by atoms with van der Waals surface area (Å²) < 4.78 is 4.73. The number of pyridine rings is 1. The molecule has 62 heavy (non-hydrogen) atoms. The molecule has 3 heterocycles. The van der Waals surface area contributed by atoms with Crippen molar-refractivity contribution in [2.75, 3.05) is 0 Å². The van der Waals surface area contributed by atoms with E-state index in [9.17, 15) is 0 Å². The fourth-order valence-corrected chi connectivity index (χ4v) is 9.83. The normalized spacial score (nSPS) is 11.7. The van der Waals surface area contributed by atoms with Crippen molar-refractivity contribution in [2.24, 2.45) is 0 Å². The van der Waals surface area contributed by atoms with Crippen molar-refractivity contribution in [1.82, 2.24) is 14.1 Å². The molecule has 3 heteroatoms. The van der Waals surface area contributed by atoms with Crippen molar-refractivity contribution in [3.63, 3.8) is 0 Å². The predicted octanol–water partition coefficient (Wildman–Crippen LogP) is 15.9. The van der Waals surface area contributed by atoms with Crippen LogP contribution in [-0.2, 0) is 0 Å². The molecular formula is C59H39N3. The van der Waals surface area contributed by atoms with Crippen LogP contribution >= 0.6 is 0 Å². The highest BCUT2D eigenvalue weighted by molar-refractivity contribution is 6.16. The van der Waals surface area contributed by atoms with Gasteiger partial charge >= 0.3 is 0 Å². The number of fused-ring (bicyclic) bond motifs is 9. The molecule has 0 aliphatic rings. The average molecular weight is 790 g/mol. The zero-order chi connectivity index (χ0) is 41.3. The third-order valence-corrected chi connectivity index (χ3v) is 12.7. The third kappa shape index (κ3) is 5.49. The molecule has 290 valence electrons. The Morgan fingerprint density at radius 2 is 0.823 bits per heavy atom. The van der Waals surface area contributed by atoms with E-state index in [2.05, 4.69) is 222 Å². The minimum atomic E-state index is 0.890. The number of hydrogen-bond donors (Lipinski definition) is 0. The van der Waals surface area contributed by atoms with Crippen molar-refractivity contribution in [3.8, 4) is 45.0 Å². The largest absolute Gasteiger partial charge is 0.309 e. The Hall–Kier alpha value is -8.27. The molecular weight excluding hydrogens is 751 g/mol. The first-order chi connectivity index (χ1) is 30.7. The molecule has 0 aliphatic carbocycles. The summed E-state index contributed by atoms with van der Waals surface area (Å²) in [6, 6.07) is 72.2. The summed E-state index contributed by atoms with van der Waals surface area (Å²) >= 11 is 0. The van der Waals surface area contributed by atoms with Gasteiger partial charge in [0, 0.05) is 32.8 Å². The van der Waals surface area contributed by atoms with Crippen LogP contribution in [0.25, 0.3) is 122 Å². The van der Waals surface area contributed by atoms with Gasteiger partial charge in [0.2, 0.25) is 0 Å². The monoisotopic (exact) mass is 789 g/mol. The van der Waals surface area contributed by atoms with E-state index in [0.29, 0.717) is 0 Å². The minimum Gasteiger partial charge on any atom is -0.309 e. The Labute approximate surface area is 359 Å². The van der Waals surface area contributed by atoms with Gasteiger partial charge in [-0.05, 0) is 116 Å². The molecule has 12 rings (SSSR count). The number of nitrogens with zero attached hydrogens (tertiary/aromatic N) is 3. The fourth-order valence-electron chi connectivity index (χ4n) is 9.83. The number of para-hydroxylation sites is 2. The number of rotatable bonds is 7. The van der Waals surface area contributed by atoms with Crippen LogP contribution in [0.2, 0.25) is 0 Å². The van der Waals surface area contributed by atoms with Crippen molar-refractivity contribution >= 4 is 77.3 Å². The lowest BCUT2D eigenvalue weighted by molar-refractivity contribution is 1.08. The summed E-state index contributed by atoms with van der Waals surface area (Å²) in [4.78, 5) is 5.34. The quantitative estimate of drug-likeness (QED) is 0.148. The summed E-state index contributed by atoms with van der Waals surface area (Å²) in [6.45, 7) is 8.45. The Bertz CT molecular complexity index is 3720. The molecule has 0 spiro atoms. The summed E-state index contributed by atoms with van der Waals surface area (Å²) in [5, 5.41) is 9.60. The zero-order valence-corrected chi connectivity index (χ0v) is 34.0. The first-order valence-corrected chi connectivity index (χ1v) is 21.1. The van der Waals surface area contributed by atoms with Gasteiger partial charge < -0.3 is 4.57 Å². The summed E-state index contributed by atoms with van der Waals surface area (Å²) in [6.07, 6.45) is 3.94. The van der Waals surface area contributed by atoms with E-state index in [4.69, 9.17) is 4.98 Å². The first-order valence-electron chi connectivity index (χ1n) is 21.1. The number of hydrogen-bond acceptors (Lipinski definition) is 1. The van der Waals surface area contributed by atoms with Crippen LogP contribution in [0.1, 0.15) is 11.1 Å². The molecule has 0 aliphatic heterocycles. The molecule has 12 aromatic rings. The maximum Gasteiger partial charge on any atom is 0.138 e. The molecule has 0 amide bonds. The molecule has 9 aromatic carbocycles. The lowest BCUT2D eigenvalue weighted by atomic mass is 9.91. The SMILES string of the molecule is C=Cc1c(C=C)c2cc(-n3c4ccccc4c4cc(-c5ccc6c(c5)c5ccccc5n6-c5cc(-c6ccccc6)cc(-c6ccccc6)n5)ccc43)ccc2c2ccccc12. The Morgan fingerprint density at radius 1 is 0.323 bits per heavy atom. The van der Waals surface area contributed by atoms with Crippen molar-refractivity contribution < 1.29 is 0 Å². The van der Waals surface area contributed by atoms with Gasteiger partial charge in [-0.15, -0.1) is 0 Å². The van der Waals surface area contributed by atoms with Gasteiger partial charge in [0.15, 0.2) is 0 Å². The number of benzene rings is 9. The maximum absolute atomic E-state index is 5.34. The summed E-state index contributed by atoms with van der Waals surface area (Å²) in [5.74, 6) is 0.890. The van der Waals surface area contributed by atoms with Crippen LogP contribution in [0.4, 0.5) is 0 Å². The van der Waals surface area contributed by atoms with E-state index in [0.717, 1.165) is 61.6 Å². The van der Waals surface area contributed by atoms with Gasteiger partial charge in [0.05, 0.1) is 27.8 Å². The summed E-state index contributed by atoms with van der Waals surface area (Å²) in [5.41, 5.74) is 14.6. The van der Waals surface area contributed by atoms with E-state index >= 15 is 0 Å². The number of aromatic nitrogens is 3. The molecule has 3 aromatic heterocycles. The van der Waals surface area contributed by atoms with Crippen molar-refractivity contribution in [1.29, 1.82) is 0 Å². The topological polar surface area (TPSA) is 22.8 Å². The average Bonchev–Trinajstić information content (AvgIpc) is 3.86. The second-order valence-electron chi connectivity index (χ2n) is 16.0. The standard InChI is InChI=1S/C59H39N3/c1-3-44-45(4-2)51-37-43(29-30-48(51)47-22-12-11-21-46(44)47)61-55-25-15-13-23-49(55)52-33-40(27-31-57(52)61)41-28-32-58-53(34-41)50-24-14-16-26-56(50)62(58)59-36-42(38-17-7-5-8-18-38)35-54(60-59)39-19-9-6-10-20-39/h3-37H,1-2H2. The molecule has 0 radical (unpaired) electrons. The van der Waals surface area contributed by atoms with E-state index in [1.807, 2.05) is 12.2 Å². The van der Waals surface area contributed by atoms with E-state index in [1.165, 1.54) is 59.7 Å². The first kappa shape index (κ1) is 35.7. The molecule has 0 saturated heterocycles. The van der Waals surface area contributed by atoms with Crippen LogP contribution < -0.4 is 0 Å². The lowest BCUT2D eigenvalue weighted by Crippen LogP contribution is -2.00. The predicted molar refractivity (Wildman–Crippen MR) is 264 cm³/mol. The van der Waals surface area contributed by atoms with Crippen LogP contribution in [0.3, 0.4) is 0 Å². The van der Waals surface area contributed by atoms with E-state index in [-0.39, 0.29) is 0 Å². The van der Waals surface area contributed by atoms with Crippen LogP contribution in [-0.4, -0.2) is 14.1 Å². The molecule has 0 bridgehead atoms. The minimum absolute atomic E-state index is 0.890. The molecule has 0 saturated carbocycles. The Kier molecular flexibility index (Phi) is 8.16. The van der Waals surface area contributed by atoms with Gasteiger partial charge in [0.25, 0.3) is 0 Å². The highest BCUT2D eigenvalue weighted by atomic mass is 15.1. The Morgan fingerprint density at radius 3 is 1.47 bits per heavy atom. The smallest absolute Gasteiger partial charge is 0.138 e.